The topological polar surface area (TPSA) is 83.6 Å². The highest BCUT2D eigenvalue weighted by Crippen LogP contribution is 2.61. The molecule has 1 saturated heterocycles. The molecule has 2 aliphatic heterocycles. The van der Waals surface area contributed by atoms with Crippen LogP contribution in [0.15, 0.2) is 77.3 Å². The van der Waals surface area contributed by atoms with Crippen LogP contribution in [0.25, 0.3) is 6.08 Å². The smallest absolute Gasteiger partial charge is 0.221 e. The Labute approximate surface area is 222 Å². The monoisotopic (exact) mass is 554 g/mol. The number of carbonyl (C=O) groups excluding carboxylic acids is 4. The first-order valence-corrected chi connectivity index (χ1v) is 12.9. The SMILES string of the molecule is CC(=O)Nc1cccc2c1C=C[C@@H]1N2[C@@H](C(C)=O)[C@H](c2ccc(Br)cc2)C12C(=O)c1ccccc1C2=O. The molecule has 3 atom stereocenters. The van der Waals surface area contributed by atoms with Crippen LogP contribution in [-0.2, 0) is 9.59 Å². The van der Waals surface area contributed by atoms with Crippen LogP contribution in [0, 0.1) is 5.41 Å². The van der Waals surface area contributed by atoms with Crippen molar-refractivity contribution in [2.45, 2.75) is 31.8 Å². The van der Waals surface area contributed by atoms with Gasteiger partial charge in [0.2, 0.25) is 5.91 Å². The van der Waals surface area contributed by atoms with Crippen LogP contribution in [0.5, 0.6) is 0 Å². The predicted octanol–water partition coefficient (Wildman–Crippen LogP) is 5.43. The molecule has 2 heterocycles. The molecule has 6 rings (SSSR count). The number of ketones is 3. The van der Waals surface area contributed by atoms with E-state index >= 15 is 0 Å². The summed E-state index contributed by atoms with van der Waals surface area (Å²) in [5.41, 5.74) is 2.08. The second-order valence-corrected chi connectivity index (χ2v) is 10.7. The molecule has 1 amide bonds. The van der Waals surface area contributed by atoms with E-state index in [0.29, 0.717) is 22.5 Å². The zero-order chi connectivity index (χ0) is 26.1. The lowest BCUT2D eigenvalue weighted by molar-refractivity contribution is -0.118. The Hall–Kier alpha value is -3.84. The minimum absolute atomic E-state index is 0.141. The zero-order valence-corrected chi connectivity index (χ0v) is 21.8. The van der Waals surface area contributed by atoms with Gasteiger partial charge in [-0.1, -0.05) is 70.5 Å². The number of hydrogen-bond acceptors (Lipinski definition) is 5. The standard InChI is InChI=1S/C30H23BrN2O4/c1-16(34)27-26(18-10-12-19(31)13-11-18)30(28(36)20-6-3-4-7-21(20)29(30)37)25-15-14-22-23(32-17(2)35)8-5-9-24(22)33(25)27/h3-15,25-27H,1-2H3,(H,32,35)/t25-,26-,27-/m0/s1. The summed E-state index contributed by atoms with van der Waals surface area (Å²) in [5.74, 6) is -1.58. The molecule has 1 spiro atoms. The molecule has 0 unspecified atom stereocenters. The van der Waals surface area contributed by atoms with E-state index in [1.807, 2.05) is 53.5 Å². The molecule has 7 heteroatoms. The van der Waals surface area contributed by atoms with Crippen LogP contribution in [0.4, 0.5) is 11.4 Å². The summed E-state index contributed by atoms with van der Waals surface area (Å²) in [6.45, 7) is 2.95. The summed E-state index contributed by atoms with van der Waals surface area (Å²) < 4.78 is 0.859. The van der Waals surface area contributed by atoms with E-state index in [9.17, 15) is 19.2 Å². The van der Waals surface area contributed by atoms with E-state index in [1.54, 1.807) is 30.3 Å². The third-order valence-corrected chi connectivity index (χ3v) is 8.33. The van der Waals surface area contributed by atoms with Gasteiger partial charge >= 0.3 is 0 Å². The first-order chi connectivity index (χ1) is 17.8. The minimum Gasteiger partial charge on any atom is -0.352 e. The number of halogens is 1. The quantitative estimate of drug-likeness (QED) is 0.436. The molecule has 37 heavy (non-hydrogen) atoms. The van der Waals surface area contributed by atoms with Crippen molar-refractivity contribution >= 4 is 56.6 Å². The minimum atomic E-state index is -1.51. The Balaban J connectivity index is 1.65. The molecule has 6 nitrogen and oxygen atoms in total. The van der Waals surface area contributed by atoms with Crippen LogP contribution in [0.2, 0.25) is 0 Å². The van der Waals surface area contributed by atoms with Gasteiger partial charge in [-0.15, -0.1) is 0 Å². The number of amides is 1. The van der Waals surface area contributed by atoms with E-state index in [0.717, 1.165) is 15.6 Å². The summed E-state index contributed by atoms with van der Waals surface area (Å²) in [6.07, 6.45) is 3.71. The number of fused-ring (bicyclic) bond motifs is 5. The Morgan fingerprint density at radius 3 is 2.14 bits per heavy atom. The number of nitrogens with zero attached hydrogens (tertiary/aromatic N) is 1. The van der Waals surface area contributed by atoms with Crippen LogP contribution in [0.1, 0.15) is 51.6 Å². The number of rotatable bonds is 3. The molecule has 1 aliphatic carbocycles. The molecule has 1 fully saturated rings. The Bertz CT molecular complexity index is 1510. The van der Waals surface area contributed by atoms with Gasteiger partial charge in [0.05, 0.1) is 17.8 Å². The van der Waals surface area contributed by atoms with E-state index < -0.39 is 23.4 Å². The van der Waals surface area contributed by atoms with Crippen molar-refractivity contribution in [3.05, 3.63) is 99.5 Å². The van der Waals surface area contributed by atoms with Crippen molar-refractivity contribution in [3.63, 3.8) is 0 Å². The van der Waals surface area contributed by atoms with Gasteiger partial charge in [-0.05, 0) is 36.8 Å². The van der Waals surface area contributed by atoms with Gasteiger partial charge in [0.15, 0.2) is 17.3 Å². The van der Waals surface area contributed by atoms with Crippen LogP contribution < -0.4 is 10.2 Å². The second-order valence-electron chi connectivity index (χ2n) is 9.79. The van der Waals surface area contributed by atoms with Gasteiger partial charge in [-0.25, -0.2) is 0 Å². The maximum absolute atomic E-state index is 14.4. The number of hydrogen-bond donors (Lipinski definition) is 1. The Morgan fingerprint density at radius 1 is 0.892 bits per heavy atom. The number of nitrogens with one attached hydrogen (secondary N) is 1. The van der Waals surface area contributed by atoms with Gasteiger partial charge in [-0.3, -0.25) is 19.2 Å². The predicted molar refractivity (Wildman–Crippen MR) is 145 cm³/mol. The Kier molecular flexibility index (Phi) is 5.31. The van der Waals surface area contributed by atoms with Gasteiger partial charge in [0.25, 0.3) is 0 Å². The lowest BCUT2D eigenvalue weighted by Crippen LogP contribution is -2.48. The fourth-order valence-electron chi connectivity index (χ4n) is 6.49. The summed E-state index contributed by atoms with van der Waals surface area (Å²) in [5, 5.41) is 2.86. The Morgan fingerprint density at radius 2 is 1.54 bits per heavy atom. The highest BCUT2D eigenvalue weighted by molar-refractivity contribution is 9.10. The number of anilines is 2. The average molecular weight is 555 g/mol. The summed E-state index contributed by atoms with van der Waals surface area (Å²) >= 11 is 3.47. The molecule has 1 N–H and O–H groups in total. The van der Waals surface area contributed by atoms with E-state index in [2.05, 4.69) is 21.2 Å². The van der Waals surface area contributed by atoms with Gasteiger partial charge in [0, 0.05) is 39.7 Å². The summed E-state index contributed by atoms with van der Waals surface area (Å²) in [4.78, 5) is 56.0. The number of carbonyl (C=O) groups is 4. The van der Waals surface area contributed by atoms with Crippen LogP contribution >= 0.6 is 15.9 Å². The molecule has 0 radical (unpaired) electrons. The van der Waals surface area contributed by atoms with Gasteiger partial charge in [0.1, 0.15) is 5.41 Å². The molecular formula is C30H23BrN2O4. The van der Waals surface area contributed by atoms with Crippen LogP contribution in [-0.4, -0.2) is 35.3 Å². The highest BCUT2D eigenvalue weighted by atomic mass is 79.9. The molecule has 3 aromatic carbocycles. The highest BCUT2D eigenvalue weighted by Gasteiger charge is 2.71. The fraction of sp³-hybridized carbons (Fsp3) is 0.200. The molecule has 0 bridgehead atoms. The molecule has 0 aromatic heterocycles. The van der Waals surface area contributed by atoms with E-state index in [4.69, 9.17) is 0 Å². The summed E-state index contributed by atoms with van der Waals surface area (Å²) in [7, 11) is 0. The molecule has 184 valence electrons. The van der Waals surface area contributed by atoms with E-state index in [1.165, 1.54) is 13.8 Å². The molecule has 0 saturated carbocycles. The number of Topliss-reactive ketones (excluding diaryl/α,β-unsaturated/α-hetero) is 3. The normalized spacial score (nSPS) is 22.6. The van der Waals surface area contributed by atoms with Crippen molar-refractivity contribution in [1.29, 1.82) is 0 Å². The van der Waals surface area contributed by atoms with Gasteiger partial charge in [-0.2, -0.15) is 0 Å². The van der Waals surface area contributed by atoms with Crippen molar-refractivity contribution < 1.29 is 19.2 Å². The van der Waals surface area contributed by atoms with E-state index in [-0.39, 0.29) is 23.3 Å². The zero-order valence-electron chi connectivity index (χ0n) is 20.2. The second kappa shape index (κ2) is 8.35. The van der Waals surface area contributed by atoms with Crippen molar-refractivity contribution in [2.75, 3.05) is 10.2 Å². The van der Waals surface area contributed by atoms with Gasteiger partial charge < -0.3 is 10.2 Å². The fourth-order valence-corrected chi connectivity index (χ4v) is 6.76. The third kappa shape index (κ3) is 3.16. The third-order valence-electron chi connectivity index (χ3n) is 7.80. The number of benzene rings is 3. The summed E-state index contributed by atoms with van der Waals surface area (Å²) in [6, 6.07) is 18.5. The molecular weight excluding hydrogens is 532 g/mol. The lowest BCUT2D eigenvalue weighted by atomic mass is 9.64. The van der Waals surface area contributed by atoms with Crippen molar-refractivity contribution in [2.24, 2.45) is 5.41 Å². The maximum Gasteiger partial charge on any atom is 0.221 e. The van der Waals surface area contributed by atoms with Crippen LogP contribution in [0.3, 0.4) is 0 Å². The molecule has 3 aromatic rings. The van der Waals surface area contributed by atoms with Crippen molar-refractivity contribution in [3.8, 4) is 0 Å². The first-order valence-electron chi connectivity index (χ1n) is 12.1. The lowest BCUT2D eigenvalue weighted by Gasteiger charge is -2.37. The maximum atomic E-state index is 14.4. The van der Waals surface area contributed by atoms with Crippen molar-refractivity contribution in [1.82, 2.24) is 0 Å². The average Bonchev–Trinajstić information content (AvgIpc) is 3.31. The first kappa shape index (κ1) is 23.6. The molecule has 3 aliphatic rings. The largest absolute Gasteiger partial charge is 0.352 e.